The molecule has 0 bridgehead atoms. The third-order valence-corrected chi connectivity index (χ3v) is 7.32. The van der Waals surface area contributed by atoms with E-state index in [4.69, 9.17) is 4.74 Å². The molecule has 1 aromatic rings. The van der Waals surface area contributed by atoms with Gasteiger partial charge in [0.15, 0.2) is 0 Å². The van der Waals surface area contributed by atoms with Gasteiger partial charge in [-0.2, -0.15) is 4.31 Å². The van der Waals surface area contributed by atoms with Gasteiger partial charge in [-0.15, -0.1) is 0 Å². The molecular formula is C17H25FN2O3S. The van der Waals surface area contributed by atoms with Gasteiger partial charge >= 0.3 is 0 Å². The van der Waals surface area contributed by atoms with Crippen molar-refractivity contribution in [3.05, 3.63) is 30.1 Å². The van der Waals surface area contributed by atoms with Crippen LogP contribution in [-0.2, 0) is 14.8 Å². The van der Waals surface area contributed by atoms with Crippen LogP contribution in [-0.4, -0.2) is 64.1 Å². The predicted octanol–water partition coefficient (Wildman–Crippen LogP) is 1.80. The highest BCUT2D eigenvalue weighted by Gasteiger charge is 2.52. The maximum atomic E-state index is 13.4. The van der Waals surface area contributed by atoms with E-state index < -0.39 is 15.8 Å². The smallest absolute Gasteiger partial charge is 0.243 e. The van der Waals surface area contributed by atoms with Crippen molar-refractivity contribution in [2.45, 2.75) is 18.2 Å². The number of nitrogens with zero attached hydrogens (tertiary/aromatic N) is 2. The van der Waals surface area contributed by atoms with E-state index in [9.17, 15) is 12.8 Å². The van der Waals surface area contributed by atoms with E-state index in [-0.39, 0.29) is 10.3 Å². The van der Waals surface area contributed by atoms with Crippen LogP contribution in [0, 0.1) is 17.2 Å². The highest BCUT2D eigenvalue weighted by molar-refractivity contribution is 7.89. The molecule has 2 atom stereocenters. The maximum Gasteiger partial charge on any atom is 0.243 e. The highest BCUT2D eigenvalue weighted by atomic mass is 32.2. The molecule has 24 heavy (non-hydrogen) atoms. The number of benzene rings is 1. The van der Waals surface area contributed by atoms with Gasteiger partial charge in [-0.3, -0.25) is 0 Å². The van der Waals surface area contributed by atoms with Crippen molar-refractivity contribution in [2.24, 2.45) is 11.3 Å². The van der Waals surface area contributed by atoms with Crippen molar-refractivity contribution in [2.75, 3.05) is 46.4 Å². The second-order valence-electron chi connectivity index (χ2n) is 6.89. The standard InChI is InChI=1S/C17H25FN2O3S/c1-3-19-10-14(11-23-2)17(12-19)7-8-20(13-17)24(21,22)16-6-4-5-15(18)9-16/h4-6,9,14H,3,7-8,10-13H2,1-2H3/t14-,17+/m1/s1. The Balaban J connectivity index is 1.83. The number of sulfonamides is 1. The van der Waals surface area contributed by atoms with Crippen molar-refractivity contribution < 1.29 is 17.5 Å². The molecule has 7 heteroatoms. The molecule has 0 radical (unpaired) electrons. The molecule has 0 unspecified atom stereocenters. The van der Waals surface area contributed by atoms with Gasteiger partial charge in [0.2, 0.25) is 10.0 Å². The second-order valence-corrected chi connectivity index (χ2v) is 8.83. The summed E-state index contributed by atoms with van der Waals surface area (Å²) < 4.78 is 46.0. The average molecular weight is 356 g/mol. The van der Waals surface area contributed by atoms with E-state index in [1.165, 1.54) is 22.5 Å². The summed E-state index contributed by atoms with van der Waals surface area (Å²) in [6.45, 7) is 6.53. The lowest BCUT2D eigenvalue weighted by molar-refractivity contribution is 0.101. The highest BCUT2D eigenvalue weighted by Crippen LogP contribution is 2.45. The lowest BCUT2D eigenvalue weighted by atomic mass is 9.78. The summed E-state index contributed by atoms with van der Waals surface area (Å²) in [6, 6.07) is 5.26. The van der Waals surface area contributed by atoms with Gasteiger partial charge in [0.1, 0.15) is 5.82 Å². The molecule has 0 saturated carbocycles. The Morgan fingerprint density at radius 3 is 2.83 bits per heavy atom. The van der Waals surface area contributed by atoms with Crippen LogP contribution in [0.25, 0.3) is 0 Å². The van der Waals surface area contributed by atoms with E-state index in [1.54, 1.807) is 7.11 Å². The number of halogens is 1. The average Bonchev–Trinajstić information content (AvgIpc) is 3.14. The largest absolute Gasteiger partial charge is 0.384 e. The second kappa shape index (κ2) is 6.71. The number of rotatable bonds is 5. The fourth-order valence-electron chi connectivity index (χ4n) is 4.12. The van der Waals surface area contributed by atoms with Gasteiger partial charge in [0, 0.05) is 44.6 Å². The topological polar surface area (TPSA) is 49.9 Å². The maximum absolute atomic E-state index is 13.4. The molecule has 0 amide bonds. The molecule has 134 valence electrons. The molecule has 3 rings (SSSR count). The quantitative estimate of drug-likeness (QED) is 0.807. The number of likely N-dealkylation sites (tertiary alicyclic amines) is 1. The zero-order chi connectivity index (χ0) is 17.4. The molecule has 2 heterocycles. The SMILES string of the molecule is CCN1C[C@H](COC)[C@@]2(CCN(S(=O)(=O)c3cccc(F)c3)C2)C1. The number of ether oxygens (including phenoxy) is 1. The Labute approximate surface area is 143 Å². The van der Waals surface area contributed by atoms with Crippen LogP contribution in [0.4, 0.5) is 4.39 Å². The lowest BCUT2D eigenvalue weighted by Crippen LogP contribution is -2.38. The van der Waals surface area contributed by atoms with Crippen LogP contribution in [0.2, 0.25) is 0 Å². The van der Waals surface area contributed by atoms with Crippen LogP contribution in [0.5, 0.6) is 0 Å². The summed E-state index contributed by atoms with van der Waals surface area (Å²) in [6.07, 6.45) is 0.825. The molecule has 2 aliphatic heterocycles. The first-order chi connectivity index (χ1) is 11.4. The first-order valence-electron chi connectivity index (χ1n) is 8.38. The molecule has 0 N–H and O–H groups in total. The molecule has 0 aromatic heterocycles. The Hall–Kier alpha value is -1.02. The fraction of sp³-hybridized carbons (Fsp3) is 0.647. The zero-order valence-electron chi connectivity index (χ0n) is 14.2. The summed E-state index contributed by atoms with van der Waals surface area (Å²) in [5.74, 6) is -0.199. The summed E-state index contributed by atoms with van der Waals surface area (Å²) >= 11 is 0. The van der Waals surface area contributed by atoms with Crippen molar-refractivity contribution >= 4 is 10.0 Å². The number of hydrogen-bond donors (Lipinski definition) is 0. The van der Waals surface area contributed by atoms with E-state index in [1.807, 2.05) is 0 Å². The van der Waals surface area contributed by atoms with Gasteiger partial charge in [-0.05, 0) is 31.2 Å². The first kappa shape index (κ1) is 17.8. The lowest BCUT2D eigenvalue weighted by Gasteiger charge is -2.30. The Kier molecular flexibility index (Phi) is 4.97. The monoisotopic (exact) mass is 356 g/mol. The summed E-state index contributed by atoms with van der Waals surface area (Å²) in [5.41, 5.74) is -0.0631. The minimum Gasteiger partial charge on any atom is -0.384 e. The molecule has 2 fully saturated rings. The summed E-state index contributed by atoms with van der Waals surface area (Å²) in [4.78, 5) is 2.40. The Morgan fingerprint density at radius 1 is 1.38 bits per heavy atom. The first-order valence-corrected chi connectivity index (χ1v) is 9.82. The third kappa shape index (κ3) is 3.10. The molecule has 1 aromatic carbocycles. The van der Waals surface area contributed by atoms with E-state index >= 15 is 0 Å². The van der Waals surface area contributed by atoms with Crippen LogP contribution >= 0.6 is 0 Å². The van der Waals surface area contributed by atoms with Crippen molar-refractivity contribution in [1.82, 2.24) is 9.21 Å². The van der Waals surface area contributed by atoms with Gasteiger partial charge in [-0.1, -0.05) is 13.0 Å². The van der Waals surface area contributed by atoms with Gasteiger partial charge in [-0.25, -0.2) is 12.8 Å². The van der Waals surface area contributed by atoms with Crippen LogP contribution in [0.15, 0.2) is 29.2 Å². The third-order valence-electron chi connectivity index (χ3n) is 5.48. The van der Waals surface area contributed by atoms with E-state index in [2.05, 4.69) is 11.8 Å². The van der Waals surface area contributed by atoms with E-state index in [0.29, 0.717) is 25.6 Å². The summed E-state index contributed by atoms with van der Waals surface area (Å²) in [7, 11) is -1.96. The molecule has 5 nitrogen and oxygen atoms in total. The van der Waals surface area contributed by atoms with Crippen molar-refractivity contribution in [3.8, 4) is 0 Å². The zero-order valence-corrected chi connectivity index (χ0v) is 15.1. The molecule has 1 spiro atoms. The van der Waals surface area contributed by atoms with Crippen molar-refractivity contribution in [3.63, 3.8) is 0 Å². The minimum atomic E-state index is -3.65. The normalized spacial score (nSPS) is 28.9. The number of hydrogen-bond acceptors (Lipinski definition) is 4. The molecule has 2 saturated heterocycles. The van der Waals surface area contributed by atoms with Gasteiger partial charge in [0.25, 0.3) is 0 Å². The predicted molar refractivity (Wildman–Crippen MR) is 89.7 cm³/mol. The van der Waals surface area contributed by atoms with Crippen LogP contribution in [0.1, 0.15) is 13.3 Å². The fourth-order valence-corrected chi connectivity index (χ4v) is 5.69. The van der Waals surface area contributed by atoms with E-state index in [0.717, 1.165) is 32.1 Å². The van der Waals surface area contributed by atoms with Gasteiger partial charge in [0.05, 0.1) is 11.5 Å². The summed E-state index contributed by atoms with van der Waals surface area (Å²) in [5, 5.41) is 0. The molecule has 2 aliphatic rings. The van der Waals surface area contributed by atoms with Crippen LogP contribution in [0.3, 0.4) is 0 Å². The minimum absolute atomic E-state index is 0.0354. The Morgan fingerprint density at radius 2 is 2.17 bits per heavy atom. The van der Waals surface area contributed by atoms with Gasteiger partial charge < -0.3 is 9.64 Å². The molecule has 0 aliphatic carbocycles. The van der Waals surface area contributed by atoms with Crippen LogP contribution < -0.4 is 0 Å². The number of methoxy groups -OCH3 is 1. The van der Waals surface area contributed by atoms with Crippen molar-refractivity contribution in [1.29, 1.82) is 0 Å². The molecular weight excluding hydrogens is 331 g/mol. The Bertz CT molecular complexity index is 697.